The maximum absolute atomic E-state index is 10.8. The number of likely N-dealkylation sites (N-methyl/N-ethyl adjacent to an activating group) is 1. The summed E-state index contributed by atoms with van der Waals surface area (Å²) in [6.07, 6.45) is 0.171. The second-order valence-corrected chi connectivity index (χ2v) is 4.21. The Morgan fingerprint density at radius 1 is 1.44 bits per heavy atom. The zero-order chi connectivity index (χ0) is 12.1. The van der Waals surface area contributed by atoms with E-state index in [1.165, 1.54) is 11.1 Å². The quantitative estimate of drug-likeness (QED) is 0.800. The number of carbonyl (C=O) groups is 1. The van der Waals surface area contributed by atoms with E-state index in [1.807, 2.05) is 33.0 Å². The van der Waals surface area contributed by atoms with Crippen LogP contribution in [-0.4, -0.2) is 24.7 Å². The molecule has 1 rings (SSSR count). The van der Waals surface area contributed by atoms with Crippen molar-refractivity contribution in [1.82, 2.24) is 5.32 Å². The summed E-state index contributed by atoms with van der Waals surface area (Å²) >= 11 is 0. The Labute approximate surface area is 96.5 Å². The number of hydrogen-bond donors (Lipinski definition) is 2. The van der Waals surface area contributed by atoms with Crippen molar-refractivity contribution in [3.8, 4) is 0 Å². The average Bonchev–Trinajstić information content (AvgIpc) is 2.16. The molecule has 88 valence electrons. The first-order valence-electron chi connectivity index (χ1n) is 5.48. The summed E-state index contributed by atoms with van der Waals surface area (Å²) in [6.45, 7) is 4.77. The van der Waals surface area contributed by atoms with Gasteiger partial charge in [0.15, 0.2) is 0 Å². The van der Waals surface area contributed by atoms with E-state index in [-0.39, 0.29) is 12.3 Å². The first-order chi connectivity index (χ1) is 7.54. The predicted molar refractivity (Wildman–Crippen MR) is 64.8 cm³/mol. The van der Waals surface area contributed by atoms with E-state index >= 15 is 0 Å². The van der Waals surface area contributed by atoms with Crippen LogP contribution in [0.1, 0.15) is 29.0 Å². The molecule has 1 aromatic carbocycles. The highest BCUT2D eigenvalue weighted by atomic mass is 16.4. The summed E-state index contributed by atoms with van der Waals surface area (Å²) in [7, 11) is 1.85. The van der Waals surface area contributed by atoms with Gasteiger partial charge in [0, 0.05) is 12.5 Å². The molecule has 0 radical (unpaired) electrons. The molecule has 0 spiro atoms. The van der Waals surface area contributed by atoms with Crippen LogP contribution in [0.4, 0.5) is 0 Å². The lowest BCUT2D eigenvalue weighted by atomic mass is 9.91. The summed E-state index contributed by atoms with van der Waals surface area (Å²) < 4.78 is 0. The predicted octanol–water partition coefficient (Wildman–Crippen LogP) is 2.08. The van der Waals surface area contributed by atoms with Gasteiger partial charge in [0.1, 0.15) is 0 Å². The van der Waals surface area contributed by atoms with Crippen LogP contribution in [0.25, 0.3) is 0 Å². The maximum atomic E-state index is 10.8. The third-order valence-electron chi connectivity index (χ3n) is 2.74. The highest BCUT2D eigenvalue weighted by Gasteiger charge is 2.16. The smallest absolute Gasteiger partial charge is 0.304 e. The van der Waals surface area contributed by atoms with Gasteiger partial charge in [0.25, 0.3) is 0 Å². The Hall–Kier alpha value is -1.35. The number of rotatable bonds is 5. The number of hydrogen-bond acceptors (Lipinski definition) is 2. The number of benzene rings is 1. The molecule has 0 amide bonds. The molecular weight excluding hydrogens is 202 g/mol. The molecule has 1 atom stereocenters. The van der Waals surface area contributed by atoms with Crippen LogP contribution in [0.2, 0.25) is 0 Å². The van der Waals surface area contributed by atoms with Crippen molar-refractivity contribution in [3.63, 3.8) is 0 Å². The third-order valence-corrected chi connectivity index (χ3v) is 2.74. The first-order valence-corrected chi connectivity index (χ1v) is 5.48. The zero-order valence-electron chi connectivity index (χ0n) is 10.1. The molecule has 0 aromatic heterocycles. The Balaban J connectivity index is 2.95. The summed E-state index contributed by atoms with van der Waals surface area (Å²) in [4.78, 5) is 10.8. The van der Waals surface area contributed by atoms with Crippen molar-refractivity contribution in [3.05, 3.63) is 34.9 Å². The van der Waals surface area contributed by atoms with E-state index in [0.717, 1.165) is 5.56 Å². The molecule has 1 aromatic rings. The fourth-order valence-electron chi connectivity index (χ4n) is 2.03. The monoisotopic (exact) mass is 221 g/mol. The van der Waals surface area contributed by atoms with Gasteiger partial charge in [-0.25, -0.2) is 0 Å². The molecule has 2 N–H and O–H groups in total. The van der Waals surface area contributed by atoms with Crippen molar-refractivity contribution < 1.29 is 9.90 Å². The molecule has 0 saturated heterocycles. The fraction of sp³-hybridized carbons (Fsp3) is 0.462. The topological polar surface area (TPSA) is 49.3 Å². The Morgan fingerprint density at radius 3 is 2.62 bits per heavy atom. The number of carboxylic acid groups (broad SMARTS) is 1. The second-order valence-electron chi connectivity index (χ2n) is 4.21. The lowest BCUT2D eigenvalue weighted by molar-refractivity contribution is -0.137. The van der Waals surface area contributed by atoms with Gasteiger partial charge in [0.05, 0.1) is 6.42 Å². The number of nitrogens with one attached hydrogen (secondary N) is 1. The number of aliphatic carboxylic acids is 1. The molecule has 0 aliphatic heterocycles. The van der Waals surface area contributed by atoms with E-state index in [1.54, 1.807) is 0 Å². The molecule has 0 aliphatic rings. The van der Waals surface area contributed by atoms with Crippen molar-refractivity contribution >= 4 is 5.97 Å². The Bertz CT molecular complexity index is 374. The van der Waals surface area contributed by atoms with Crippen LogP contribution in [0.15, 0.2) is 18.2 Å². The lowest BCUT2D eigenvalue weighted by Crippen LogP contribution is -2.20. The Kier molecular flexibility index (Phi) is 4.50. The normalized spacial score (nSPS) is 12.4. The van der Waals surface area contributed by atoms with Gasteiger partial charge in [-0.2, -0.15) is 0 Å². The van der Waals surface area contributed by atoms with Crippen LogP contribution in [-0.2, 0) is 4.79 Å². The van der Waals surface area contributed by atoms with Crippen LogP contribution in [0.3, 0.4) is 0 Å². The van der Waals surface area contributed by atoms with E-state index in [4.69, 9.17) is 5.11 Å². The van der Waals surface area contributed by atoms with E-state index < -0.39 is 5.97 Å². The highest BCUT2D eigenvalue weighted by molar-refractivity contribution is 5.68. The van der Waals surface area contributed by atoms with Gasteiger partial charge in [-0.3, -0.25) is 4.79 Å². The van der Waals surface area contributed by atoms with Crippen LogP contribution < -0.4 is 5.32 Å². The molecular formula is C13H19NO2. The minimum atomic E-state index is -0.750. The number of aryl methyl sites for hydroxylation is 2. The van der Waals surface area contributed by atoms with Crippen molar-refractivity contribution in [2.45, 2.75) is 26.2 Å². The minimum absolute atomic E-state index is 0.0445. The molecule has 1 unspecified atom stereocenters. The van der Waals surface area contributed by atoms with Crippen molar-refractivity contribution in [2.24, 2.45) is 0 Å². The zero-order valence-corrected chi connectivity index (χ0v) is 10.1. The van der Waals surface area contributed by atoms with E-state index in [0.29, 0.717) is 6.54 Å². The molecule has 0 saturated carbocycles. The van der Waals surface area contributed by atoms with E-state index in [2.05, 4.69) is 11.4 Å². The van der Waals surface area contributed by atoms with Crippen molar-refractivity contribution in [2.75, 3.05) is 13.6 Å². The van der Waals surface area contributed by atoms with Crippen LogP contribution >= 0.6 is 0 Å². The average molecular weight is 221 g/mol. The molecule has 3 heteroatoms. The van der Waals surface area contributed by atoms with E-state index in [9.17, 15) is 4.79 Å². The maximum Gasteiger partial charge on any atom is 0.304 e. The SMILES string of the molecule is CNCC(CC(=O)O)c1ccc(C)cc1C. The Morgan fingerprint density at radius 2 is 2.12 bits per heavy atom. The minimum Gasteiger partial charge on any atom is -0.481 e. The van der Waals surface area contributed by atoms with Crippen LogP contribution in [0.5, 0.6) is 0 Å². The number of carboxylic acids is 1. The van der Waals surface area contributed by atoms with Gasteiger partial charge < -0.3 is 10.4 Å². The first kappa shape index (κ1) is 12.7. The second kappa shape index (κ2) is 5.66. The molecule has 0 heterocycles. The summed E-state index contributed by atoms with van der Waals surface area (Å²) in [6, 6.07) is 6.17. The van der Waals surface area contributed by atoms with Gasteiger partial charge in [-0.05, 0) is 32.0 Å². The molecule has 0 bridgehead atoms. The van der Waals surface area contributed by atoms with Gasteiger partial charge in [-0.15, -0.1) is 0 Å². The highest BCUT2D eigenvalue weighted by Crippen LogP contribution is 2.23. The molecule has 0 fully saturated rings. The lowest BCUT2D eigenvalue weighted by Gasteiger charge is -2.17. The summed E-state index contributed by atoms with van der Waals surface area (Å²) in [5.74, 6) is -0.705. The van der Waals surface area contributed by atoms with Crippen molar-refractivity contribution in [1.29, 1.82) is 0 Å². The van der Waals surface area contributed by atoms with Crippen LogP contribution in [0, 0.1) is 13.8 Å². The summed E-state index contributed by atoms with van der Waals surface area (Å²) in [5, 5.41) is 11.9. The fourth-order valence-corrected chi connectivity index (χ4v) is 2.03. The summed E-state index contributed by atoms with van der Waals surface area (Å²) in [5.41, 5.74) is 3.50. The molecule has 3 nitrogen and oxygen atoms in total. The van der Waals surface area contributed by atoms with Gasteiger partial charge in [-0.1, -0.05) is 23.8 Å². The van der Waals surface area contributed by atoms with Gasteiger partial charge >= 0.3 is 5.97 Å². The molecule has 0 aliphatic carbocycles. The molecule has 16 heavy (non-hydrogen) atoms. The largest absolute Gasteiger partial charge is 0.481 e. The standard InChI is InChI=1S/C13H19NO2/c1-9-4-5-12(10(2)6-9)11(8-14-3)7-13(15)16/h4-6,11,14H,7-8H2,1-3H3,(H,15,16). The third kappa shape index (κ3) is 3.35. The van der Waals surface area contributed by atoms with Gasteiger partial charge in [0.2, 0.25) is 0 Å².